The Kier molecular flexibility index (Phi) is 6.33. The van der Waals surface area contributed by atoms with Gasteiger partial charge in [-0.05, 0) is 49.4 Å². The van der Waals surface area contributed by atoms with Gasteiger partial charge in [0.15, 0.2) is 4.80 Å². The number of hydrogen-bond acceptors (Lipinski definition) is 6. The molecule has 0 amide bonds. The van der Waals surface area contributed by atoms with Gasteiger partial charge in [-0.3, -0.25) is 9.36 Å². The number of ether oxygens (including phenoxy) is 2. The zero-order valence-corrected chi connectivity index (χ0v) is 21.4. The average Bonchev–Trinajstić information content (AvgIpc) is 3.18. The van der Waals surface area contributed by atoms with Crippen molar-refractivity contribution >= 4 is 34.2 Å². The van der Waals surface area contributed by atoms with E-state index in [1.165, 1.54) is 11.3 Å². The molecular formula is C29H26N2O4S. The topological polar surface area (TPSA) is 69.9 Å². The zero-order valence-electron chi connectivity index (χ0n) is 20.6. The number of aryl methyl sites for hydroxylation is 1. The van der Waals surface area contributed by atoms with Crippen LogP contribution in [0.25, 0.3) is 16.8 Å². The van der Waals surface area contributed by atoms with E-state index in [1.54, 1.807) is 25.5 Å². The van der Waals surface area contributed by atoms with Gasteiger partial charge in [0.2, 0.25) is 0 Å². The highest BCUT2D eigenvalue weighted by atomic mass is 32.1. The lowest BCUT2D eigenvalue weighted by Gasteiger charge is -2.24. The van der Waals surface area contributed by atoms with Crippen LogP contribution in [0.2, 0.25) is 0 Å². The van der Waals surface area contributed by atoms with Crippen LogP contribution in [0, 0.1) is 6.92 Å². The van der Waals surface area contributed by atoms with Crippen LogP contribution in [0.1, 0.15) is 36.6 Å². The van der Waals surface area contributed by atoms with Gasteiger partial charge in [-0.15, -0.1) is 0 Å². The molecule has 1 aliphatic heterocycles. The largest absolute Gasteiger partial charge is 0.496 e. The van der Waals surface area contributed by atoms with Crippen LogP contribution in [-0.4, -0.2) is 24.3 Å². The lowest BCUT2D eigenvalue weighted by Crippen LogP contribution is -2.39. The van der Waals surface area contributed by atoms with E-state index in [2.05, 4.69) is 4.99 Å². The van der Waals surface area contributed by atoms with Gasteiger partial charge in [0.05, 0.1) is 35.6 Å². The van der Waals surface area contributed by atoms with Crippen LogP contribution in [0.5, 0.6) is 5.75 Å². The van der Waals surface area contributed by atoms with E-state index in [9.17, 15) is 9.59 Å². The Morgan fingerprint density at radius 3 is 2.47 bits per heavy atom. The molecule has 0 radical (unpaired) electrons. The molecule has 4 aromatic rings. The number of nitrogens with zero attached hydrogens (tertiary/aromatic N) is 2. The molecule has 0 saturated carbocycles. The van der Waals surface area contributed by atoms with Crippen molar-refractivity contribution in [2.75, 3.05) is 13.7 Å². The van der Waals surface area contributed by atoms with Crippen molar-refractivity contribution in [2.24, 2.45) is 4.99 Å². The first-order valence-electron chi connectivity index (χ1n) is 11.7. The van der Waals surface area contributed by atoms with Crippen LogP contribution in [0.3, 0.4) is 0 Å². The van der Waals surface area contributed by atoms with Gasteiger partial charge in [-0.2, -0.15) is 0 Å². The molecule has 1 aromatic heterocycles. The Hall–Kier alpha value is -3.97. The third-order valence-corrected chi connectivity index (χ3v) is 7.32. The molecule has 36 heavy (non-hydrogen) atoms. The summed E-state index contributed by atoms with van der Waals surface area (Å²) in [4.78, 5) is 32.1. The van der Waals surface area contributed by atoms with Crippen molar-refractivity contribution in [1.82, 2.24) is 4.57 Å². The van der Waals surface area contributed by atoms with Crippen molar-refractivity contribution in [1.29, 1.82) is 0 Å². The first kappa shape index (κ1) is 23.8. The number of thiazole rings is 1. The van der Waals surface area contributed by atoms with Gasteiger partial charge in [0, 0.05) is 5.39 Å². The van der Waals surface area contributed by atoms with Gasteiger partial charge < -0.3 is 9.47 Å². The number of fused-ring (bicyclic) bond motifs is 2. The predicted octanol–water partition coefficient (Wildman–Crippen LogP) is 4.27. The third kappa shape index (κ3) is 4.05. The molecule has 0 aliphatic carbocycles. The fourth-order valence-electron chi connectivity index (χ4n) is 4.60. The molecule has 0 unspecified atom stereocenters. The molecule has 182 valence electrons. The van der Waals surface area contributed by atoms with E-state index < -0.39 is 12.0 Å². The standard InChI is InChI=1S/C29H26N2O4S/c1-5-35-28(33)25-18(3)30-29-31(26(25)19-12-10-17(2)11-13-19)27(32)24(36-29)16-20-14-15-23(34-4)22-9-7-6-8-21(20)22/h6-16,26H,5H2,1-4H3/b24-16-/t26-/m1/s1. The number of hydrogen-bond donors (Lipinski definition) is 0. The number of carbonyl (C=O) groups excluding carboxylic acids is 1. The summed E-state index contributed by atoms with van der Waals surface area (Å²) in [5, 5.41) is 1.96. The second-order valence-corrected chi connectivity index (χ2v) is 9.62. The summed E-state index contributed by atoms with van der Waals surface area (Å²) < 4.78 is 13.0. The predicted molar refractivity (Wildman–Crippen MR) is 142 cm³/mol. The van der Waals surface area contributed by atoms with E-state index in [1.807, 2.05) is 73.7 Å². The minimum absolute atomic E-state index is 0.196. The summed E-state index contributed by atoms with van der Waals surface area (Å²) in [5.74, 6) is 0.318. The van der Waals surface area contributed by atoms with E-state index in [-0.39, 0.29) is 12.2 Å². The van der Waals surface area contributed by atoms with Gasteiger partial charge in [-0.25, -0.2) is 9.79 Å². The molecule has 3 aromatic carbocycles. The van der Waals surface area contributed by atoms with Crippen molar-refractivity contribution in [3.63, 3.8) is 0 Å². The smallest absolute Gasteiger partial charge is 0.338 e. The first-order chi connectivity index (χ1) is 17.4. The number of allylic oxidation sites excluding steroid dienone is 1. The molecule has 0 fully saturated rings. The summed E-state index contributed by atoms with van der Waals surface area (Å²) in [6, 6.07) is 19.0. The first-order valence-corrected chi connectivity index (χ1v) is 12.6. The summed E-state index contributed by atoms with van der Waals surface area (Å²) >= 11 is 1.32. The SMILES string of the molecule is CCOC(=O)C1=C(C)N=c2s/c(=C\c3ccc(OC)c4ccccc34)c(=O)n2[C@@H]1c1ccc(C)cc1. The highest BCUT2D eigenvalue weighted by Gasteiger charge is 2.33. The second-order valence-electron chi connectivity index (χ2n) is 8.62. The number of methoxy groups -OCH3 is 1. The quantitative estimate of drug-likeness (QED) is 0.386. The fraction of sp³-hybridized carbons (Fsp3) is 0.207. The van der Waals surface area contributed by atoms with Gasteiger partial charge in [-0.1, -0.05) is 71.5 Å². The molecule has 0 bridgehead atoms. The molecule has 6 nitrogen and oxygen atoms in total. The van der Waals surface area contributed by atoms with Crippen LogP contribution >= 0.6 is 11.3 Å². The highest BCUT2D eigenvalue weighted by molar-refractivity contribution is 7.07. The molecule has 1 atom stereocenters. The number of aromatic nitrogens is 1. The van der Waals surface area contributed by atoms with Gasteiger partial charge >= 0.3 is 5.97 Å². The van der Waals surface area contributed by atoms with E-state index >= 15 is 0 Å². The minimum Gasteiger partial charge on any atom is -0.496 e. The Bertz CT molecular complexity index is 1690. The minimum atomic E-state index is -0.615. The monoisotopic (exact) mass is 498 g/mol. The molecule has 1 aliphatic rings. The summed E-state index contributed by atoms with van der Waals surface area (Å²) in [6.07, 6.45) is 1.89. The molecule has 2 heterocycles. The van der Waals surface area contributed by atoms with Crippen molar-refractivity contribution < 1.29 is 14.3 Å². The lowest BCUT2D eigenvalue weighted by atomic mass is 9.95. The Labute approximate surface area is 212 Å². The zero-order chi connectivity index (χ0) is 25.4. The van der Waals surface area contributed by atoms with Crippen LogP contribution in [0.15, 0.2) is 81.7 Å². The van der Waals surface area contributed by atoms with E-state index in [0.717, 1.165) is 33.2 Å². The van der Waals surface area contributed by atoms with E-state index in [4.69, 9.17) is 9.47 Å². The third-order valence-electron chi connectivity index (χ3n) is 6.33. The maximum Gasteiger partial charge on any atom is 0.338 e. The maximum atomic E-state index is 13.8. The molecule has 0 saturated heterocycles. The normalized spacial score (nSPS) is 15.6. The molecule has 5 rings (SSSR count). The molecule has 7 heteroatoms. The van der Waals surface area contributed by atoms with Crippen LogP contribution in [-0.2, 0) is 9.53 Å². The van der Waals surface area contributed by atoms with Gasteiger partial charge in [0.1, 0.15) is 5.75 Å². The van der Waals surface area contributed by atoms with Crippen molar-refractivity contribution in [3.8, 4) is 5.75 Å². The molecule has 0 spiro atoms. The Morgan fingerprint density at radius 1 is 1.06 bits per heavy atom. The summed E-state index contributed by atoms with van der Waals surface area (Å²) in [5.41, 5.74) is 3.58. The highest BCUT2D eigenvalue weighted by Crippen LogP contribution is 2.31. The summed E-state index contributed by atoms with van der Waals surface area (Å²) in [7, 11) is 1.65. The van der Waals surface area contributed by atoms with Gasteiger partial charge in [0.25, 0.3) is 5.56 Å². The number of rotatable bonds is 5. The van der Waals surface area contributed by atoms with Crippen molar-refractivity contribution in [3.05, 3.63) is 108 Å². The molecule has 0 N–H and O–H groups in total. The fourth-order valence-corrected chi connectivity index (χ4v) is 5.63. The molecular weight excluding hydrogens is 472 g/mol. The number of benzene rings is 3. The average molecular weight is 499 g/mol. The van der Waals surface area contributed by atoms with Crippen LogP contribution in [0.4, 0.5) is 0 Å². The van der Waals surface area contributed by atoms with E-state index in [0.29, 0.717) is 20.6 Å². The lowest BCUT2D eigenvalue weighted by molar-refractivity contribution is -0.139. The van der Waals surface area contributed by atoms with Crippen LogP contribution < -0.4 is 19.6 Å². The second kappa shape index (κ2) is 9.59. The number of carbonyl (C=O) groups is 1. The summed E-state index contributed by atoms with van der Waals surface area (Å²) in [6.45, 7) is 5.80. The Balaban J connectivity index is 1.75. The Morgan fingerprint density at radius 2 is 1.78 bits per heavy atom. The number of esters is 1. The van der Waals surface area contributed by atoms with Crippen molar-refractivity contribution in [2.45, 2.75) is 26.8 Å². The maximum absolute atomic E-state index is 13.8.